The lowest BCUT2D eigenvalue weighted by atomic mass is 9.83. The average molecular weight is 223 g/mol. The standard InChI is InChI=1S/C12H17NO3/c1-8(14)12(2,3)7-10(15)6-9-4-5-11(16)13-9/h6H,4-5,7H2,1-3H3,(H,13,16)/b9-6-. The molecule has 0 aliphatic carbocycles. The second-order valence-corrected chi connectivity index (χ2v) is 4.80. The van der Waals surface area contributed by atoms with Crippen LogP contribution in [-0.2, 0) is 14.4 Å². The van der Waals surface area contributed by atoms with E-state index in [1.807, 2.05) is 0 Å². The number of Topliss-reactive ketones (excluding diaryl/α,β-unsaturated/α-hetero) is 1. The van der Waals surface area contributed by atoms with Crippen LogP contribution in [0.1, 0.15) is 40.0 Å². The van der Waals surface area contributed by atoms with Crippen LogP contribution in [0.15, 0.2) is 11.8 Å². The van der Waals surface area contributed by atoms with Crippen LogP contribution in [-0.4, -0.2) is 17.5 Å². The van der Waals surface area contributed by atoms with E-state index in [0.717, 1.165) is 0 Å². The molecule has 0 bridgehead atoms. The molecule has 0 radical (unpaired) electrons. The van der Waals surface area contributed by atoms with E-state index in [-0.39, 0.29) is 23.9 Å². The lowest BCUT2D eigenvalue weighted by Crippen LogP contribution is -2.24. The number of amides is 1. The summed E-state index contributed by atoms with van der Waals surface area (Å²) in [5.41, 5.74) is 0.0332. The maximum Gasteiger partial charge on any atom is 0.224 e. The van der Waals surface area contributed by atoms with E-state index >= 15 is 0 Å². The Morgan fingerprint density at radius 2 is 2.00 bits per heavy atom. The van der Waals surface area contributed by atoms with E-state index < -0.39 is 5.41 Å². The third-order valence-corrected chi connectivity index (χ3v) is 2.83. The Balaban J connectivity index is 2.60. The number of carbonyl (C=O) groups excluding carboxylic acids is 3. The van der Waals surface area contributed by atoms with Gasteiger partial charge in [0.15, 0.2) is 5.78 Å². The van der Waals surface area contributed by atoms with E-state index in [1.54, 1.807) is 13.8 Å². The summed E-state index contributed by atoms with van der Waals surface area (Å²) in [5.74, 6) is -0.169. The highest BCUT2D eigenvalue weighted by Gasteiger charge is 2.26. The molecule has 0 spiro atoms. The first-order valence-corrected chi connectivity index (χ1v) is 5.35. The molecule has 1 aliphatic rings. The fourth-order valence-corrected chi connectivity index (χ4v) is 1.47. The van der Waals surface area contributed by atoms with Crippen molar-refractivity contribution in [2.75, 3.05) is 0 Å². The maximum atomic E-state index is 11.6. The third kappa shape index (κ3) is 3.29. The highest BCUT2D eigenvalue weighted by atomic mass is 16.2. The highest BCUT2D eigenvalue weighted by molar-refractivity contribution is 5.96. The third-order valence-electron chi connectivity index (χ3n) is 2.83. The normalized spacial score (nSPS) is 18.7. The van der Waals surface area contributed by atoms with Crippen molar-refractivity contribution < 1.29 is 14.4 Å². The first-order valence-electron chi connectivity index (χ1n) is 5.35. The van der Waals surface area contributed by atoms with Crippen molar-refractivity contribution in [1.29, 1.82) is 0 Å². The molecule has 16 heavy (non-hydrogen) atoms. The number of allylic oxidation sites excluding steroid dienone is 2. The minimum atomic E-state index is -0.628. The molecule has 0 atom stereocenters. The fraction of sp³-hybridized carbons (Fsp3) is 0.583. The second-order valence-electron chi connectivity index (χ2n) is 4.80. The van der Waals surface area contributed by atoms with Gasteiger partial charge in [0.25, 0.3) is 0 Å². The van der Waals surface area contributed by atoms with Gasteiger partial charge in [0.2, 0.25) is 5.91 Å². The molecule has 1 heterocycles. The maximum absolute atomic E-state index is 11.6. The van der Waals surface area contributed by atoms with Gasteiger partial charge < -0.3 is 5.32 Å². The molecule has 4 nitrogen and oxygen atoms in total. The zero-order valence-corrected chi connectivity index (χ0v) is 9.92. The van der Waals surface area contributed by atoms with Crippen LogP contribution in [0.4, 0.5) is 0 Å². The number of nitrogens with one attached hydrogen (secondary N) is 1. The molecule has 1 rings (SSSR count). The van der Waals surface area contributed by atoms with Gasteiger partial charge in [-0.25, -0.2) is 0 Å². The van der Waals surface area contributed by atoms with Gasteiger partial charge in [0, 0.05) is 30.0 Å². The largest absolute Gasteiger partial charge is 0.330 e. The lowest BCUT2D eigenvalue weighted by molar-refractivity contribution is -0.129. The SMILES string of the molecule is CC(=O)C(C)(C)CC(=O)/C=C1/CCC(=O)N1. The summed E-state index contributed by atoms with van der Waals surface area (Å²) >= 11 is 0. The van der Waals surface area contributed by atoms with E-state index in [0.29, 0.717) is 18.5 Å². The molecule has 1 aliphatic heterocycles. The van der Waals surface area contributed by atoms with Crippen LogP contribution < -0.4 is 5.32 Å². The van der Waals surface area contributed by atoms with Crippen LogP contribution in [0.3, 0.4) is 0 Å². The predicted molar refractivity (Wildman–Crippen MR) is 59.5 cm³/mol. The second kappa shape index (κ2) is 4.60. The molecular weight excluding hydrogens is 206 g/mol. The first-order chi connectivity index (χ1) is 7.31. The summed E-state index contributed by atoms with van der Waals surface area (Å²) < 4.78 is 0. The van der Waals surface area contributed by atoms with Crippen LogP contribution in [0.5, 0.6) is 0 Å². The van der Waals surface area contributed by atoms with Crippen molar-refractivity contribution in [3.05, 3.63) is 11.8 Å². The summed E-state index contributed by atoms with van der Waals surface area (Å²) in [6.45, 7) is 4.98. The molecule has 1 saturated heterocycles. The smallest absolute Gasteiger partial charge is 0.224 e. The van der Waals surface area contributed by atoms with Gasteiger partial charge in [0.05, 0.1) is 0 Å². The fourth-order valence-electron chi connectivity index (χ4n) is 1.47. The Morgan fingerprint density at radius 1 is 1.38 bits per heavy atom. The Hall–Kier alpha value is -1.45. The molecular formula is C12H17NO3. The number of hydrogen-bond acceptors (Lipinski definition) is 3. The van der Waals surface area contributed by atoms with Crippen molar-refractivity contribution in [1.82, 2.24) is 5.32 Å². The zero-order chi connectivity index (χ0) is 12.3. The predicted octanol–water partition coefficient (Wildman–Crippen LogP) is 1.35. The molecule has 1 amide bonds. The van der Waals surface area contributed by atoms with Crippen LogP contribution in [0.2, 0.25) is 0 Å². The van der Waals surface area contributed by atoms with Crippen molar-refractivity contribution in [3.63, 3.8) is 0 Å². The van der Waals surface area contributed by atoms with E-state index in [4.69, 9.17) is 0 Å². The van der Waals surface area contributed by atoms with E-state index in [2.05, 4.69) is 5.32 Å². The van der Waals surface area contributed by atoms with Gasteiger partial charge >= 0.3 is 0 Å². The van der Waals surface area contributed by atoms with Crippen LogP contribution in [0.25, 0.3) is 0 Å². The summed E-state index contributed by atoms with van der Waals surface area (Å²) in [6, 6.07) is 0. The zero-order valence-electron chi connectivity index (χ0n) is 9.92. The molecule has 88 valence electrons. The average Bonchev–Trinajstić information content (AvgIpc) is 2.49. The molecule has 0 aromatic heterocycles. The van der Waals surface area contributed by atoms with Gasteiger partial charge in [0.1, 0.15) is 5.78 Å². The van der Waals surface area contributed by atoms with Gasteiger partial charge in [-0.3, -0.25) is 14.4 Å². The molecule has 1 N–H and O–H groups in total. The van der Waals surface area contributed by atoms with Crippen molar-refractivity contribution in [3.8, 4) is 0 Å². The number of rotatable bonds is 4. The molecule has 0 aromatic carbocycles. The monoisotopic (exact) mass is 223 g/mol. The van der Waals surface area contributed by atoms with Crippen molar-refractivity contribution >= 4 is 17.5 Å². The molecule has 4 heteroatoms. The van der Waals surface area contributed by atoms with Gasteiger partial charge in [-0.05, 0) is 13.3 Å². The molecule has 0 unspecified atom stereocenters. The molecule has 0 saturated carbocycles. The van der Waals surface area contributed by atoms with Gasteiger partial charge in [-0.1, -0.05) is 13.8 Å². The Kier molecular flexibility index (Phi) is 3.62. The summed E-state index contributed by atoms with van der Waals surface area (Å²) in [4.78, 5) is 33.8. The lowest BCUT2D eigenvalue weighted by Gasteiger charge is -2.18. The first kappa shape index (κ1) is 12.6. The summed E-state index contributed by atoms with van der Waals surface area (Å²) in [5, 5.41) is 2.62. The van der Waals surface area contributed by atoms with Gasteiger partial charge in [-0.15, -0.1) is 0 Å². The van der Waals surface area contributed by atoms with Crippen molar-refractivity contribution in [2.45, 2.75) is 40.0 Å². The topological polar surface area (TPSA) is 63.2 Å². The Morgan fingerprint density at radius 3 is 2.44 bits per heavy atom. The van der Waals surface area contributed by atoms with Gasteiger partial charge in [-0.2, -0.15) is 0 Å². The minimum Gasteiger partial charge on any atom is -0.330 e. The highest BCUT2D eigenvalue weighted by Crippen LogP contribution is 2.22. The minimum absolute atomic E-state index is 0.00490. The van der Waals surface area contributed by atoms with Crippen molar-refractivity contribution in [2.24, 2.45) is 5.41 Å². The molecule has 1 fully saturated rings. The van der Waals surface area contributed by atoms with E-state index in [9.17, 15) is 14.4 Å². The molecule has 0 aromatic rings. The Bertz CT molecular complexity index is 366. The number of ketones is 2. The quantitative estimate of drug-likeness (QED) is 0.732. The van der Waals surface area contributed by atoms with E-state index in [1.165, 1.54) is 13.0 Å². The summed E-state index contributed by atoms with van der Waals surface area (Å²) in [6.07, 6.45) is 2.65. The number of hydrogen-bond donors (Lipinski definition) is 1. The number of carbonyl (C=O) groups is 3. The van der Waals surface area contributed by atoms with Crippen LogP contribution in [0, 0.1) is 5.41 Å². The summed E-state index contributed by atoms with van der Waals surface area (Å²) in [7, 11) is 0. The van der Waals surface area contributed by atoms with Crippen LogP contribution >= 0.6 is 0 Å². The Labute approximate surface area is 95.1 Å².